The minimum absolute atomic E-state index is 0.0166. The van der Waals surface area contributed by atoms with Crippen LogP contribution in [0.3, 0.4) is 0 Å². The maximum Gasteiger partial charge on any atom is 0.145 e. The van der Waals surface area contributed by atoms with Crippen molar-refractivity contribution in [2.45, 2.75) is 19.4 Å². The van der Waals surface area contributed by atoms with Gasteiger partial charge in [-0.2, -0.15) is 0 Å². The molecule has 0 radical (unpaired) electrons. The number of epoxide rings is 1. The summed E-state index contributed by atoms with van der Waals surface area (Å²) in [5.41, 5.74) is 0. The van der Waals surface area contributed by atoms with E-state index >= 15 is 0 Å². The van der Waals surface area contributed by atoms with Gasteiger partial charge in [0, 0.05) is 0 Å². The van der Waals surface area contributed by atoms with Gasteiger partial charge in [-0.05, 0) is 6.04 Å². The fourth-order valence-electron chi connectivity index (χ4n) is 0.289. The van der Waals surface area contributed by atoms with E-state index in [-0.39, 0.29) is 9.76 Å². The molecular formula is C5H16O2Si2. The number of rotatable bonds is 3. The zero-order chi connectivity index (χ0) is 6.95. The highest BCUT2D eigenvalue weighted by atomic mass is 28.3. The van der Waals surface area contributed by atoms with Crippen LogP contribution in [0, 0.1) is 0 Å². The summed E-state index contributed by atoms with van der Waals surface area (Å²) in [7, 11) is 0.948. The molecule has 0 atom stereocenters. The van der Waals surface area contributed by atoms with Gasteiger partial charge in [-0.25, -0.2) is 0 Å². The Balaban J connectivity index is 0.000000173. The van der Waals surface area contributed by atoms with Crippen molar-refractivity contribution in [2.24, 2.45) is 0 Å². The number of hydrogen-bond donors (Lipinski definition) is 0. The van der Waals surface area contributed by atoms with Crippen molar-refractivity contribution >= 4 is 20.2 Å². The molecule has 2 nitrogen and oxygen atoms in total. The number of ether oxygens (including phenoxy) is 1. The van der Waals surface area contributed by atoms with Gasteiger partial charge in [-0.15, -0.1) is 0 Å². The molecule has 9 heavy (non-hydrogen) atoms. The summed E-state index contributed by atoms with van der Waals surface area (Å²) in [6.45, 7) is 4.20. The van der Waals surface area contributed by atoms with Crippen LogP contribution in [-0.2, 0) is 8.85 Å². The molecule has 1 fully saturated rings. The Kier molecular flexibility index (Phi) is 8.68. The van der Waals surface area contributed by atoms with Crippen LogP contribution in [0.15, 0.2) is 0 Å². The molecule has 0 aliphatic carbocycles. The van der Waals surface area contributed by atoms with E-state index in [9.17, 15) is 0 Å². The molecule has 1 rings (SSSR count). The Morgan fingerprint density at radius 3 is 2.33 bits per heavy atom. The highest BCUT2D eigenvalue weighted by Crippen LogP contribution is 1.84. The Morgan fingerprint density at radius 1 is 1.67 bits per heavy atom. The summed E-state index contributed by atoms with van der Waals surface area (Å²) >= 11 is 0. The second-order valence-corrected chi connectivity index (χ2v) is 5.38. The molecule has 1 aliphatic heterocycles. The smallest absolute Gasteiger partial charge is 0.145 e. The molecule has 0 amide bonds. The first-order valence-corrected chi connectivity index (χ1v) is 5.88. The molecule has 1 aliphatic rings. The normalized spacial score (nSPS) is 15.7. The van der Waals surface area contributed by atoms with Crippen LogP contribution in [0.5, 0.6) is 0 Å². The zero-order valence-corrected chi connectivity index (χ0v) is 9.77. The summed E-state index contributed by atoms with van der Waals surface area (Å²) in [6, 6.07) is 1.36. The largest absolute Gasteiger partial charge is 0.468 e. The van der Waals surface area contributed by atoms with Gasteiger partial charge in [0.1, 0.15) is 20.2 Å². The Hall–Kier alpha value is 0.354. The molecule has 4 heteroatoms. The minimum atomic E-state index is -0.0166. The van der Waals surface area contributed by atoms with Gasteiger partial charge < -0.3 is 8.85 Å². The van der Waals surface area contributed by atoms with Crippen molar-refractivity contribution < 1.29 is 8.85 Å². The van der Waals surface area contributed by atoms with Crippen LogP contribution < -0.4 is 0 Å². The van der Waals surface area contributed by atoms with E-state index in [1.807, 2.05) is 0 Å². The first-order valence-electron chi connectivity index (χ1n) is 3.48. The summed E-state index contributed by atoms with van der Waals surface area (Å²) in [5, 5.41) is 0. The third-order valence-corrected chi connectivity index (χ3v) is 3.53. The average Bonchev–Trinajstić information content (AvgIpc) is 2.67. The van der Waals surface area contributed by atoms with E-state index in [1.165, 1.54) is 12.5 Å². The predicted molar refractivity (Wildman–Crippen MR) is 45.5 cm³/mol. The van der Waals surface area contributed by atoms with Crippen LogP contribution >= 0.6 is 0 Å². The standard InChI is InChI=1S/C3H12OSi2.C2H4O/c1-2-3-6-4-5;1-2-3-1/h2-3,6H2,1,5H3;1-2H2. The summed E-state index contributed by atoms with van der Waals surface area (Å²) in [6.07, 6.45) is 1.31. The molecule has 0 N–H and O–H groups in total. The van der Waals surface area contributed by atoms with Crippen molar-refractivity contribution in [3.8, 4) is 0 Å². The van der Waals surface area contributed by atoms with Gasteiger partial charge in [0.25, 0.3) is 0 Å². The van der Waals surface area contributed by atoms with Crippen LogP contribution in [0.25, 0.3) is 0 Å². The minimum Gasteiger partial charge on any atom is -0.468 e. The molecule has 0 saturated carbocycles. The SMILES string of the molecule is C1CO1.CCC[SiH2]O[SiH3]. The van der Waals surface area contributed by atoms with Crippen molar-refractivity contribution in [2.75, 3.05) is 13.2 Å². The molecular weight excluding hydrogens is 148 g/mol. The lowest BCUT2D eigenvalue weighted by molar-refractivity contribution is 0.475. The van der Waals surface area contributed by atoms with Gasteiger partial charge >= 0.3 is 0 Å². The predicted octanol–water partition coefficient (Wildman–Crippen LogP) is -0.788. The van der Waals surface area contributed by atoms with Crippen molar-refractivity contribution in [1.29, 1.82) is 0 Å². The lowest BCUT2D eigenvalue weighted by Gasteiger charge is -1.88. The van der Waals surface area contributed by atoms with E-state index < -0.39 is 0 Å². The average molecular weight is 164 g/mol. The van der Waals surface area contributed by atoms with Crippen LogP contribution in [0.4, 0.5) is 0 Å². The van der Waals surface area contributed by atoms with Crippen molar-refractivity contribution in [3.63, 3.8) is 0 Å². The molecule has 0 aromatic rings. The van der Waals surface area contributed by atoms with E-state index in [1.54, 1.807) is 0 Å². The first kappa shape index (κ1) is 9.35. The molecule has 0 aromatic carbocycles. The highest BCUT2D eigenvalue weighted by molar-refractivity contribution is 6.34. The first-order chi connectivity index (χ1) is 4.41. The summed E-state index contributed by atoms with van der Waals surface area (Å²) in [5.74, 6) is 0. The lowest BCUT2D eigenvalue weighted by atomic mass is 10.6. The second-order valence-electron chi connectivity index (χ2n) is 1.96. The second kappa shape index (κ2) is 8.35. The molecule has 0 bridgehead atoms. The fourth-order valence-corrected chi connectivity index (χ4v) is 1.73. The lowest BCUT2D eigenvalue weighted by Crippen LogP contribution is -1.90. The topological polar surface area (TPSA) is 21.8 Å². The van der Waals surface area contributed by atoms with Gasteiger partial charge in [-0.1, -0.05) is 13.3 Å². The molecule has 0 aromatic heterocycles. The fraction of sp³-hybridized carbons (Fsp3) is 1.00. The highest BCUT2D eigenvalue weighted by Gasteiger charge is 1.94. The number of hydrogen-bond acceptors (Lipinski definition) is 2. The van der Waals surface area contributed by atoms with E-state index in [2.05, 4.69) is 11.7 Å². The van der Waals surface area contributed by atoms with Gasteiger partial charge in [0.2, 0.25) is 0 Å². The Morgan fingerprint density at radius 2 is 2.22 bits per heavy atom. The van der Waals surface area contributed by atoms with Crippen LogP contribution in [0.1, 0.15) is 13.3 Å². The molecule has 0 spiro atoms. The van der Waals surface area contributed by atoms with Gasteiger partial charge in [-0.3, -0.25) is 0 Å². The maximum atomic E-state index is 5.06. The Labute approximate surface area is 62.4 Å². The van der Waals surface area contributed by atoms with Crippen molar-refractivity contribution in [1.82, 2.24) is 0 Å². The molecule has 56 valence electrons. The third kappa shape index (κ3) is 17.8. The Bertz CT molecular complexity index is 43.5. The van der Waals surface area contributed by atoms with E-state index in [0.717, 1.165) is 23.7 Å². The molecule has 1 saturated heterocycles. The van der Waals surface area contributed by atoms with Crippen LogP contribution in [-0.4, -0.2) is 33.5 Å². The van der Waals surface area contributed by atoms with E-state index in [4.69, 9.17) is 4.12 Å². The van der Waals surface area contributed by atoms with Gasteiger partial charge in [0.15, 0.2) is 0 Å². The zero-order valence-electron chi connectivity index (χ0n) is 6.35. The van der Waals surface area contributed by atoms with Crippen LogP contribution in [0.2, 0.25) is 6.04 Å². The molecule has 1 heterocycles. The van der Waals surface area contributed by atoms with Gasteiger partial charge in [0.05, 0.1) is 13.2 Å². The monoisotopic (exact) mass is 164 g/mol. The third-order valence-electron chi connectivity index (χ3n) is 0.906. The maximum absolute atomic E-state index is 5.06. The molecule has 0 unspecified atom stereocenters. The summed E-state index contributed by atoms with van der Waals surface area (Å²) in [4.78, 5) is 0. The van der Waals surface area contributed by atoms with E-state index in [0.29, 0.717) is 0 Å². The summed E-state index contributed by atoms with van der Waals surface area (Å²) < 4.78 is 9.56. The quantitative estimate of drug-likeness (QED) is 0.310. The van der Waals surface area contributed by atoms with Crippen molar-refractivity contribution in [3.05, 3.63) is 0 Å².